The number of alkyl halides is 1. The molecule has 2 unspecified atom stereocenters. The Morgan fingerprint density at radius 2 is 2.00 bits per heavy atom. The Labute approximate surface area is 111 Å². The molecule has 4 fully saturated rings. The summed E-state index contributed by atoms with van der Waals surface area (Å²) < 4.78 is 0.266. The van der Waals surface area contributed by atoms with Crippen molar-refractivity contribution in [2.24, 2.45) is 17.3 Å². The van der Waals surface area contributed by atoms with Crippen LogP contribution in [0.15, 0.2) is 12.7 Å². The fourth-order valence-corrected chi connectivity index (χ4v) is 6.22. The van der Waals surface area contributed by atoms with Crippen molar-refractivity contribution in [3.63, 3.8) is 0 Å². The van der Waals surface area contributed by atoms with Crippen LogP contribution in [-0.4, -0.2) is 16.8 Å². The molecule has 0 heterocycles. The first-order valence-corrected chi connectivity index (χ1v) is 7.43. The molecular weight excluding hydrogens is 278 g/mol. The number of halogens is 1. The highest BCUT2D eigenvalue weighted by Crippen LogP contribution is 2.64. The van der Waals surface area contributed by atoms with Crippen molar-refractivity contribution in [2.75, 3.05) is 6.54 Å². The van der Waals surface area contributed by atoms with Gasteiger partial charge in [-0.25, -0.2) is 0 Å². The Kier molecular flexibility index (Phi) is 2.66. The predicted molar refractivity (Wildman–Crippen MR) is 72.0 cm³/mol. The van der Waals surface area contributed by atoms with Gasteiger partial charge < -0.3 is 5.32 Å². The summed E-state index contributed by atoms with van der Waals surface area (Å²) in [6.45, 7) is 4.27. The Hall–Kier alpha value is -0.310. The first-order valence-electron chi connectivity index (χ1n) is 6.63. The lowest BCUT2D eigenvalue weighted by atomic mass is 9.49. The van der Waals surface area contributed by atoms with Gasteiger partial charge in [0.05, 0.1) is 5.41 Å². The molecule has 4 bridgehead atoms. The molecule has 2 atom stereocenters. The Balaban J connectivity index is 1.83. The SMILES string of the molecule is C=CCNC(=O)C12CC3CC(CC(Br)(C3)C1)C2. The second-order valence-electron chi connectivity index (χ2n) is 6.39. The standard InChI is InChI=1S/C14H20BrNO/c1-2-3-16-12(17)13-5-10-4-11(6-13)8-14(15,7-10)9-13/h2,10-11H,1,3-9H2,(H,16,17). The summed E-state index contributed by atoms with van der Waals surface area (Å²) >= 11 is 3.93. The fraction of sp³-hybridized carbons (Fsp3) is 0.786. The number of nitrogens with one attached hydrogen (secondary N) is 1. The van der Waals surface area contributed by atoms with Crippen molar-refractivity contribution in [1.82, 2.24) is 5.32 Å². The van der Waals surface area contributed by atoms with Gasteiger partial charge >= 0.3 is 0 Å². The molecule has 17 heavy (non-hydrogen) atoms. The summed E-state index contributed by atoms with van der Waals surface area (Å²) in [7, 11) is 0. The number of carbonyl (C=O) groups is 1. The van der Waals surface area contributed by atoms with Crippen LogP contribution in [0, 0.1) is 17.3 Å². The number of hydrogen-bond acceptors (Lipinski definition) is 1. The Morgan fingerprint density at radius 3 is 2.53 bits per heavy atom. The van der Waals surface area contributed by atoms with Crippen LogP contribution in [0.1, 0.15) is 38.5 Å². The van der Waals surface area contributed by atoms with Crippen LogP contribution in [0.3, 0.4) is 0 Å². The minimum absolute atomic E-state index is 0.0728. The molecule has 1 N–H and O–H groups in total. The molecule has 4 saturated carbocycles. The second kappa shape index (κ2) is 3.84. The summed E-state index contributed by atoms with van der Waals surface area (Å²) in [5.74, 6) is 1.81. The van der Waals surface area contributed by atoms with E-state index in [4.69, 9.17) is 0 Å². The van der Waals surface area contributed by atoms with Gasteiger partial charge in [-0.15, -0.1) is 6.58 Å². The molecule has 4 rings (SSSR count). The highest BCUT2D eigenvalue weighted by Gasteiger charge is 2.59. The minimum atomic E-state index is -0.0728. The summed E-state index contributed by atoms with van der Waals surface area (Å²) in [6, 6.07) is 0. The predicted octanol–water partition coefficient (Wildman–Crippen LogP) is 3.02. The third-order valence-electron chi connectivity index (χ3n) is 4.88. The highest BCUT2D eigenvalue weighted by molar-refractivity contribution is 9.10. The molecule has 0 spiro atoms. The lowest BCUT2D eigenvalue weighted by Crippen LogP contribution is -2.58. The van der Waals surface area contributed by atoms with Crippen LogP contribution in [0.25, 0.3) is 0 Å². The van der Waals surface area contributed by atoms with Crippen molar-refractivity contribution in [2.45, 2.75) is 42.8 Å². The average molecular weight is 298 g/mol. The van der Waals surface area contributed by atoms with Crippen molar-refractivity contribution in [3.05, 3.63) is 12.7 Å². The first-order chi connectivity index (χ1) is 8.05. The summed E-state index contributed by atoms with van der Waals surface area (Å²) in [5.41, 5.74) is -0.0728. The van der Waals surface area contributed by atoms with Gasteiger partial charge in [-0.1, -0.05) is 22.0 Å². The summed E-state index contributed by atoms with van der Waals surface area (Å²) in [4.78, 5) is 12.4. The zero-order chi connectivity index (χ0) is 12.1. The van der Waals surface area contributed by atoms with Crippen LogP contribution in [-0.2, 0) is 4.79 Å². The van der Waals surface area contributed by atoms with Gasteiger partial charge in [-0.05, 0) is 50.4 Å². The van der Waals surface area contributed by atoms with Gasteiger partial charge in [-0.2, -0.15) is 0 Å². The molecule has 0 radical (unpaired) electrons. The van der Waals surface area contributed by atoms with Crippen molar-refractivity contribution >= 4 is 21.8 Å². The van der Waals surface area contributed by atoms with Crippen molar-refractivity contribution in [3.8, 4) is 0 Å². The van der Waals surface area contributed by atoms with E-state index < -0.39 is 0 Å². The van der Waals surface area contributed by atoms with Gasteiger partial charge in [0.15, 0.2) is 0 Å². The lowest BCUT2D eigenvalue weighted by molar-refractivity contribution is -0.143. The first kappa shape index (κ1) is 11.8. The molecule has 2 nitrogen and oxygen atoms in total. The molecule has 0 aromatic rings. The van der Waals surface area contributed by atoms with E-state index in [2.05, 4.69) is 27.8 Å². The fourth-order valence-electron chi connectivity index (χ4n) is 4.77. The van der Waals surface area contributed by atoms with Crippen LogP contribution >= 0.6 is 15.9 Å². The largest absolute Gasteiger partial charge is 0.352 e. The minimum Gasteiger partial charge on any atom is -0.352 e. The highest BCUT2D eigenvalue weighted by atomic mass is 79.9. The maximum absolute atomic E-state index is 12.4. The van der Waals surface area contributed by atoms with Gasteiger partial charge in [0.2, 0.25) is 5.91 Å². The number of rotatable bonds is 3. The summed E-state index contributed by atoms with van der Waals surface area (Å²) in [5, 5.41) is 3.03. The molecule has 0 saturated heterocycles. The van der Waals surface area contributed by atoms with Crippen molar-refractivity contribution in [1.29, 1.82) is 0 Å². The van der Waals surface area contributed by atoms with E-state index in [0.717, 1.165) is 31.1 Å². The molecule has 94 valence electrons. The summed E-state index contributed by atoms with van der Waals surface area (Å²) in [6.07, 6.45) is 8.93. The Bertz CT molecular complexity index is 351. The van der Waals surface area contributed by atoms with Crippen LogP contribution < -0.4 is 5.32 Å². The monoisotopic (exact) mass is 297 g/mol. The van der Waals surface area contributed by atoms with E-state index in [1.54, 1.807) is 6.08 Å². The van der Waals surface area contributed by atoms with E-state index in [9.17, 15) is 4.79 Å². The van der Waals surface area contributed by atoms with Crippen LogP contribution in [0.5, 0.6) is 0 Å². The molecular formula is C14H20BrNO. The number of amides is 1. The van der Waals surface area contributed by atoms with Gasteiger partial charge in [0.1, 0.15) is 0 Å². The Morgan fingerprint density at radius 1 is 1.35 bits per heavy atom. The maximum Gasteiger partial charge on any atom is 0.226 e. The maximum atomic E-state index is 12.4. The molecule has 0 aromatic carbocycles. The van der Waals surface area contributed by atoms with E-state index in [0.29, 0.717) is 6.54 Å². The second-order valence-corrected chi connectivity index (χ2v) is 8.07. The lowest BCUT2D eigenvalue weighted by Gasteiger charge is -2.59. The normalized spacial score (nSPS) is 46.9. The van der Waals surface area contributed by atoms with E-state index >= 15 is 0 Å². The molecule has 4 aliphatic rings. The third kappa shape index (κ3) is 1.87. The molecule has 3 heteroatoms. The zero-order valence-electron chi connectivity index (χ0n) is 10.2. The molecule has 1 amide bonds. The third-order valence-corrected chi connectivity index (χ3v) is 5.81. The van der Waals surface area contributed by atoms with Gasteiger partial charge in [0.25, 0.3) is 0 Å². The number of hydrogen-bond donors (Lipinski definition) is 1. The average Bonchev–Trinajstić information content (AvgIpc) is 2.22. The number of carbonyl (C=O) groups excluding carboxylic acids is 1. The molecule has 0 aliphatic heterocycles. The smallest absolute Gasteiger partial charge is 0.226 e. The van der Waals surface area contributed by atoms with Gasteiger partial charge in [-0.3, -0.25) is 4.79 Å². The van der Waals surface area contributed by atoms with Crippen LogP contribution in [0.4, 0.5) is 0 Å². The van der Waals surface area contributed by atoms with Crippen LogP contribution in [0.2, 0.25) is 0 Å². The molecule has 0 aromatic heterocycles. The topological polar surface area (TPSA) is 29.1 Å². The van der Waals surface area contributed by atoms with Crippen molar-refractivity contribution < 1.29 is 4.79 Å². The van der Waals surface area contributed by atoms with E-state index in [-0.39, 0.29) is 15.6 Å². The molecule has 4 aliphatic carbocycles. The quantitative estimate of drug-likeness (QED) is 0.630. The zero-order valence-corrected chi connectivity index (χ0v) is 11.8. The van der Waals surface area contributed by atoms with Gasteiger partial charge in [0, 0.05) is 10.9 Å². The van der Waals surface area contributed by atoms with E-state index in [1.165, 1.54) is 19.3 Å². The van der Waals surface area contributed by atoms with E-state index in [1.807, 2.05) is 0 Å².